The molecule has 0 aromatic carbocycles. The summed E-state index contributed by atoms with van der Waals surface area (Å²) in [6.45, 7) is 16.2. The van der Waals surface area contributed by atoms with Crippen molar-refractivity contribution < 1.29 is 43.2 Å². The molecule has 6 aliphatic rings. The molecule has 43 heavy (non-hydrogen) atoms. The van der Waals surface area contributed by atoms with Crippen LogP contribution >= 0.6 is 0 Å². The normalized spacial score (nSPS) is 45.1. The van der Waals surface area contributed by atoms with Crippen LogP contribution in [-0.4, -0.2) is 64.4 Å². The van der Waals surface area contributed by atoms with Crippen LogP contribution in [0.5, 0.6) is 0 Å². The average molecular weight is 595 g/mol. The number of allylic oxidation sites excluding steroid dienone is 1. The van der Waals surface area contributed by atoms with Crippen LogP contribution in [0, 0.1) is 28.6 Å². The van der Waals surface area contributed by atoms with Gasteiger partial charge in [0.05, 0.1) is 11.5 Å². The van der Waals surface area contributed by atoms with E-state index in [1.54, 1.807) is 19.9 Å². The van der Waals surface area contributed by atoms with Crippen LogP contribution in [0.3, 0.4) is 0 Å². The first-order valence-electron chi connectivity index (χ1n) is 15.3. The van der Waals surface area contributed by atoms with Gasteiger partial charge in [-0.1, -0.05) is 31.6 Å². The van der Waals surface area contributed by atoms with E-state index in [-0.39, 0.29) is 29.2 Å². The Morgan fingerprint density at radius 1 is 1.12 bits per heavy atom. The highest BCUT2D eigenvalue weighted by molar-refractivity contribution is 5.98. The van der Waals surface area contributed by atoms with Gasteiger partial charge in [-0.3, -0.25) is 9.59 Å². The predicted molar refractivity (Wildman–Crippen MR) is 154 cm³/mol. The monoisotopic (exact) mass is 594 g/mol. The van der Waals surface area contributed by atoms with Crippen molar-refractivity contribution in [2.24, 2.45) is 28.6 Å². The largest absolute Gasteiger partial charge is 0.458 e. The Labute approximate surface area is 252 Å². The number of carbonyl (C=O) groups is 4. The summed E-state index contributed by atoms with van der Waals surface area (Å²) in [5, 5.41) is 13.0. The summed E-state index contributed by atoms with van der Waals surface area (Å²) in [6.07, 6.45) is 4.43. The zero-order valence-electron chi connectivity index (χ0n) is 26.0. The fraction of sp³-hybridized carbons (Fsp3) is 0.647. The maximum Gasteiger partial charge on any atom is 0.333 e. The number of esters is 3. The van der Waals surface area contributed by atoms with Gasteiger partial charge in [0.25, 0.3) is 0 Å². The second kappa shape index (κ2) is 9.48. The van der Waals surface area contributed by atoms with E-state index in [1.807, 2.05) is 33.8 Å². The van der Waals surface area contributed by atoms with E-state index in [2.05, 4.69) is 6.58 Å². The topological polar surface area (TPSA) is 129 Å². The number of epoxide rings is 1. The second-order valence-electron chi connectivity index (χ2n) is 14.1. The molecule has 2 heterocycles. The highest BCUT2D eigenvalue weighted by Crippen LogP contribution is 2.74. The minimum atomic E-state index is -1.54. The van der Waals surface area contributed by atoms with Crippen LogP contribution < -0.4 is 0 Å². The molecule has 6 rings (SSSR count). The third kappa shape index (κ3) is 3.76. The molecule has 0 aromatic heterocycles. The molecule has 11 unspecified atom stereocenters. The molecule has 9 nitrogen and oxygen atoms in total. The van der Waals surface area contributed by atoms with Gasteiger partial charge < -0.3 is 24.1 Å². The van der Waals surface area contributed by atoms with Gasteiger partial charge >= 0.3 is 17.9 Å². The van der Waals surface area contributed by atoms with Crippen molar-refractivity contribution in [2.45, 2.75) is 110 Å². The first-order chi connectivity index (χ1) is 20.0. The van der Waals surface area contributed by atoms with Crippen molar-refractivity contribution in [3.63, 3.8) is 0 Å². The number of rotatable bonds is 5. The Morgan fingerprint density at radius 2 is 1.81 bits per heavy atom. The molecule has 0 aromatic rings. The van der Waals surface area contributed by atoms with Crippen molar-refractivity contribution in [2.75, 3.05) is 0 Å². The Balaban J connectivity index is 1.39. The minimum Gasteiger partial charge on any atom is -0.458 e. The molecule has 1 saturated heterocycles. The van der Waals surface area contributed by atoms with Crippen LogP contribution in [0.1, 0.15) is 74.1 Å². The minimum absolute atomic E-state index is 0.130. The fourth-order valence-corrected chi connectivity index (χ4v) is 9.46. The Kier molecular flexibility index (Phi) is 6.61. The number of hydrogen-bond acceptors (Lipinski definition) is 9. The van der Waals surface area contributed by atoms with E-state index in [9.17, 15) is 24.3 Å². The van der Waals surface area contributed by atoms with Crippen LogP contribution in [0.2, 0.25) is 0 Å². The molecule has 0 amide bonds. The van der Waals surface area contributed by atoms with Gasteiger partial charge in [-0.25, -0.2) is 9.59 Å². The fourth-order valence-electron chi connectivity index (χ4n) is 9.46. The number of ketones is 1. The lowest BCUT2D eigenvalue weighted by Gasteiger charge is -2.61. The number of fused-ring (bicyclic) bond motifs is 4. The van der Waals surface area contributed by atoms with E-state index >= 15 is 0 Å². The molecule has 9 heteroatoms. The van der Waals surface area contributed by atoms with Gasteiger partial charge in [-0.2, -0.15) is 0 Å². The van der Waals surface area contributed by atoms with Crippen molar-refractivity contribution in [1.29, 1.82) is 0 Å². The number of aliphatic hydroxyl groups is 1. The number of carbonyl (C=O) groups excluding carboxylic acids is 4. The smallest absolute Gasteiger partial charge is 0.333 e. The van der Waals surface area contributed by atoms with Crippen molar-refractivity contribution >= 4 is 23.7 Å². The van der Waals surface area contributed by atoms with E-state index < -0.39 is 64.3 Å². The molecular weight excluding hydrogens is 552 g/mol. The second-order valence-corrected chi connectivity index (χ2v) is 14.1. The maximum absolute atomic E-state index is 13.8. The first-order valence-corrected chi connectivity index (χ1v) is 15.3. The highest BCUT2D eigenvalue weighted by atomic mass is 16.7. The van der Waals surface area contributed by atoms with Gasteiger partial charge in [0.1, 0.15) is 23.4 Å². The van der Waals surface area contributed by atoms with Crippen molar-refractivity contribution in [3.8, 4) is 0 Å². The van der Waals surface area contributed by atoms with E-state index in [4.69, 9.17) is 18.9 Å². The van der Waals surface area contributed by atoms with Crippen molar-refractivity contribution in [1.82, 2.24) is 0 Å². The summed E-state index contributed by atoms with van der Waals surface area (Å²) >= 11 is 0. The lowest BCUT2D eigenvalue weighted by molar-refractivity contribution is -0.225. The van der Waals surface area contributed by atoms with Gasteiger partial charge in [0.2, 0.25) is 0 Å². The van der Waals surface area contributed by atoms with Gasteiger partial charge in [0.15, 0.2) is 11.9 Å². The van der Waals surface area contributed by atoms with Crippen LogP contribution in [-0.2, 0) is 38.1 Å². The summed E-state index contributed by atoms with van der Waals surface area (Å²) < 4.78 is 23.9. The number of ether oxygens (including phenoxy) is 4. The lowest BCUT2D eigenvalue weighted by atomic mass is 9.42. The Morgan fingerprint density at radius 3 is 2.44 bits per heavy atom. The Bertz CT molecular complexity index is 1440. The van der Waals surface area contributed by atoms with E-state index in [1.165, 1.54) is 13.0 Å². The summed E-state index contributed by atoms with van der Waals surface area (Å²) in [4.78, 5) is 51.5. The maximum atomic E-state index is 13.8. The molecule has 2 aliphatic heterocycles. The number of cyclic esters (lactones) is 1. The zero-order chi connectivity index (χ0) is 31.4. The molecule has 3 fully saturated rings. The standard InChI is InChI=1S/C34H42O9/c1-16(2)29(37)42-26-10-9-25(36)32(8)21-11-12-31(7)22(19(5)24-13-17(3)18(4)30(38)41-24)14-27(40-20(6)35)33(31,39)23(21)15-28-34(26,32)43-28/h9-10,14,19,21,23-24,26-28,39H,1,11-13,15H2,2-8H3. The molecule has 232 valence electrons. The van der Waals surface area contributed by atoms with Gasteiger partial charge in [-0.05, 0) is 77.0 Å². The average Bonchev–Trinajstić information content (AvgIpc) is 3.62. The van der Waals surface area contributed by atoms with Gasteiger partial charge in [0, 0.05) is 35.8 Å². The number of hydrogen-bond donors (Lipinski definition) is 1. The van der Waals surface area contributed by atoms with E-state index in [0.29, 0.717) is 31.3 Å². The molecule has 1 N–H and O–H groups in total. The van der Waals surface area contributed by atoms with Crippen LogP contribution in [0.25, 0.3) is 0 Å². The molecule has 0 radical (unpaired) electrons. The third-order valence-electron chi connectivity index (χ3n) is 12.1. The highest BCUT2D eigenvalue weighted by Gasteiger charge is 2.83. The summed E-state index contributed by atoms with van der Waals surface area (Å²) in [7, 11) is 0. The molecule has 0 bridgehead atoms. The predicted octanol–water partition coefficient (Wildman–Crippen LogP) is 4.08. The summed E-state index contributed by atoms with van der Waals surface area (Å²) in [6, 6.07) is 0. The molecule has 4 aliphatic carbocycles. The van der Waals surface area contributed by atoms with Crippen LogP contribution in [0.4, 0.5) is 0 Å². The molecular formula is C34H42O9. The van der Waals surface area contributed by atoms with Gasteiger partial charge in [-0.15, -0.1) is 0 Å². The molecule has 2 saturated carbocycles. The Hall–Kier alpha value is -3.04. The molecule has 1 spiro atoms. The van der Waals surface area contributed by atoms with Crippen molar-refractivity contribution in [3.05, 3.63) is 47.1 Å². The molecule has 11 atom stereocenters. The zero-order valence-corrected chi connectivity index (χ0v) is 26.0. The first kappa shape index (κ1) is 30.0. The summed E-state index contributed by atoms with van der Waals surface area (Å²) in [5.74, 6) is -2.59. The quantitative estimate of drug-likeness (QED) is 0.165. The third-order valence-corrected chi connectivity index (χ3v) is 12.1. The SMILES string of the molecule is C=C(C)C(=O)OC1C=CC(=O)C2(C)C3CCC4(C)C(C(C)C5CC(C)=C(C)C(=O)O5)=CC(OC(C)=O)C4(O)C3CC3OC132. The van der Waals surface area contributed by atoms with E-state index in [0.717, 1.165) is 11.1 Å². The van der Waals surface area contributed by atoms with Crippen LogP contribution in [0.15, 0.2) is 47.1 Å². The lowest BCUT2D eigenvalue weighted by Crippen LogP contribution is -2.70. The summed E-state index contributed by atoms with van der Waals surface area (Å²) in [5.41, 5.74) is -1.75.